The fourth-order valence-corrected chi connectivity index (χ4v) is 4.48. The minimum atomic E-state index is -1.19. The zero-order valence-corrected chi connectivity index (χ0v) is 18.8. The van der Waals surface area contributed by atoms with Crippen molar-refractivity contribution >= 4 is 16.7 Å². The van der Waals surface area contributed by atoms with E-state index in [0.717, 1.165) is 21.6 Å². The number of aromatic nitrogens is 1. The SMILES string of the molecule is Cc1cccc(CNC(=O)c2ccc(-c3nc(CS(=O)c4ccccc4)c(C)o3)cc2)c1. The van der Waals surface area contributed by atoms with Gasteiger partial charge in [0.25, 0.3) is 5.91 Å². The van der Waals surface area contributed by atoms with Crippen LogP contribution >= 0.6 is 0 Å². The van der Waals surface area contributed by atoms with Crippen LogP contribution in [0.15, 0.2) is 88.2 Å². The van der Waals surface area contributed by atoms with Crippen molar-refractivity contribution < 1.29 is 13.4 Å². The van der Waals surface area contributed by atoms with Crippen LogP contribution in [-0.4, -0.2) is 15.1 Å². The number of nitrogens with one attached hydrogen (secondary N) is 1. The Morgan fingerprint density at radius 2 is 1.72 bits per heavy atom. The molecule has 1 unspecified atom stereocenters. The topological polar surface area (TPSA) is 72.2 Å². The lowest BCUT2D eigenvalue weighted by Gasteiger charge is -2.06. The van der Waals surface area contributed by atoms with Gasteiger partial charge in [-0.1, -0.05) is 48.0 Å². The van der Waals surface area contributed by atoms with Crippen molar-refractivity contribution in [2.75, 3.05) is 0 Å². The van der Waals surface area contributed by atoms with Crippen LogP contribution < -0.4 is 5.32 Å². The monoisotopic (exact) mass is 444 g/mol. The first-order valence-electron chi connectivity index (χ1n) is 10.3. The van der Waals surface area contributed by atoms with E-state index >= 15 is 0 Å². The highest BCUT2D eigenvalue weighted by molar-refractivity contribution is 7.84. The van der Waals surface area contributed by atoms with E-state index in [4.69, 9.17) is 4.42 Å². The molecule has 1 atom stereocenters. The van der Waals surface area contributed by atoms with Crippen LogP contribution in [0.1, 0.15) is 32.9 Å². The third-order valence-electron chi connectivity index (χ3n) is 5.10. The fourth-order valence-electron chi connectivity index (χ4n) is 3.34. The highest BCUT2D eigenvalue weighted by atomic mass is 32.2. The van der Waals surface area contributed by atoms with Crippen molar-refractivity contribution in [2.45, 2.75) is 31.0 Å². The van der Waals surface area contributed by atoms with Gasteiger partial charge in [0, 0.05) is 22.6 Å². The summed E-state index contributed by atoms with van der Waals surface area (Å²) in [6, 6.07) is 24.5. The fraction of sp³-hybridized carbons (Fsp3) is 0.154. The Bertz CT molecular complexity index is 1250. The lowest BCUT2D eigenvalue weighted by molar-refractivity contribution is 0.0951. The number of nitrogens with zero attached hydrogens (tertiary/aromatic N) is 1. The molecule has 4 aromatic rings. The number of carbonyl (C=O) groups is 1. The molecule has 0 bridgehead atoms. The van der Waals surface area contributed by atoms with Crippen molar-refractivity contribution in [2.24, 2.45) is 0 Å². The van der Waals surface area contributed by atoms with Crippen LogP contribution in [0.3, 0.4) is 0 Å². The van der Waals surface area contributed by atoms with E-state index in [2.05, 4.69) is 16.4 Å². The number of carbonyl (C=O) groups excluding carboxylic acids is 1. The lowest BCUT2D eigenvalue weighted by atomic mass is 10.1. The molecule has 0 aliphatic heterocycles. The van der Waals surface area contributed by atoms with Crippen LogP contribution in [0.25, 0.3) is 11.5 Å². The van der Waals surface area contributed by atoms with Crippen LogP contribution in [0, 0.1) is 13.8 Å². The average molecular weight is 445 g/mol. The first kappa shape index (κ1) is 21.7. The van der Waals surface area contributed by atoms with E-state index in [0.29, 0.717) is 35.2 Å². The molecule has 3 aromatic carbocycles. The summed E-state index contributed by atoms with van der Waals surface area (Å²) in [5.41, 5.74) is 4.22. The number of amides is 1. The Morgan fingerprint density at radius 1 is 0.969 bits per heavy atom. The summed E-state index contributed by atoms with van der Waals surface area (Å²) in [5.74, 6) is 1.25. The normalized spacial score (nSPS) is 11.8. The molecule has 1 heterocycles. The quantitative estimate of drug-likeness (QED) is 0.425. The second-order valence-electron chi connectivity index (χ2n) is 7.57. The number of rotatable bonds is 7. The number of hydrogen-bond acceptors (Lipinski definition) is 4. The van der Waals surface area contributed by atoms with Crippen molar-refractivity contribution in [1.82, 2.24) is 10.3 Å². The molecule has 0 aliphatic carbocycles. The minimum absolute atomic E-state index is 0.138. The summed E-state index contributed by atoms with van der Waals surface area (Å²) in [6.45, 7) is 4.32. The Balaban J connectivity index is 1.42. The van der Waals surface area contributed by atoms with E-state index in [-0.39, 0.29) is 5.91 Å². The third-order valence-corrected chi connectivity index (χ3v) is 6.43. The molecule has 6 heteroatoms. The van der Waals surface area contributed by atoms with Crippen molar-refractivity contribution in [3.63, 3.8) is 0 Å². The Morgan fingerprint density at radius 3 is 2.44 bits per heavy atom. The van der Waals surface area contributed by atoms with E-state index in [1.165, 1.54) is 0 Å². The Kier molecular flexibility index (Phi) is 6.61. The lowest BCUT2D eigenvalue weighted by Crippen LogP contribution is -2.22. The molecule has 0 saturated carbocycles. The van der Waals surface area contributed by atoms with Crippen LogP contribution in [0.4, 0.5) is 0 Å². The second-order valence-corrected chi connectivity index (χ2v) is 9.03. The van der Waals surface area contributed by atoms with Gasteiger partial charge in [-0.05, 0) is 55.8 Å². The predicted molar refractivity (Wildman–Crippen MR) is 126 cm³/mol. The zero-order chi connectivity index (χ0) is 22.5. The molecule has 1 N–H and O–H groups in total. The van der Waals surface area contributed by atoms with Gasteiger partial charge in [0.1, 0.15) is 5.76 Å². The zero-order valence-electron chi connectivity index (χ0n) is 18.0. The summed E-state index contributed by atoms with van der Waals surface area (Å²) in [6.07, 6.45) is 0. The summed E-state index contributed by atoms with van der Waals surface area (Å²) in [4.78, 5) is 17.8. The van der Waals surface area contributed by atoms with Crippen LogP contribution in [0.5, 0.6) is 0 Å². The minimum Gasteiger partial charge on any atom is -0.441 e. The van der Waals surface area contributed by atoms with Gasteiger partial charge in [0.15, 0.2) is 0 Å². The molecule has 162 valence electrons. The van der Waals surface area contributed by atoms with Gasteiger partial charge in [-0.25, -0.2) is 4.98 Å². The summed E-state index contributed by atoms with van der Waals surface area (Å²) in [5, 5.41) is 2.94. The van der Waals surface area contributed by atoms with Crippen molar-refractivity contribution in [1.29, 1.82) is 0 Å². The molecule has 0 radical (unpaired) electrons. The molecular formula is C26H24N2O3S. The van der Waals surface area contributed by atoms with E-state index in [1.54, 1.807) is 12.1 Å². The molecule has 0 aliphatic rings. The van der Waals surface area contributed by atoms with E-state index in [9.17, 15) is 9.00 Å². The number of aryl methyl sites for hydroxylation is 2. The van der Waals surface area contributed by atoms with Crippen molar-refractivity contribution in [3.8, 4) is 11.5 Å². The predicted octanol–water partition coefficient (Wildman–Crippen LogP) is 5.20. The van der Waals surface area contributed by atoms with Gasteiger partial charge in [0.05, 0.1) is 22.2 Å². The molecule has 0 fully saturated rings. The molecule has 0 saturated heterocycles. The van der Waals surface area contributed by atoms with Gasteiger partial charge in [0.2, 0.25) is 5.89 Å². The highest BCUT2D eigenvalue weighted by Crippen LogP contribution is 2.24. The highest BCUT2D eigenvalue weighted by Gasteiger charge is 2.15. The van der Waals surface area contributed by atoms with E-state index in [1.807, 2.05) is 74.5 Å². The maximum atomic E-state index is 12.6. The molecule has 4 rings (SSSR count). The van der Waals surface area contributed by atoms with Crippen molar-refractivity contribution in [3.05, 3.63) is 107 Å². The Hall–Kier alpha value is -3.51. The summed E-state index contributed by atoms with van der Waals surface area (Å²) in [7, 11) is -1.19. The average Bonchev–Trinajstić information content (AvgIpc) is 3.18. The molecule has 1 amide bonds. The second kappa shape index (κ2) is 9.75. The Labute approximate surface area is 190 Å². The maximum absolute atomic E-state index is 12.6. The smallest absolute Gasteiger partial charge is 0.251 e. The maximum Gasteiger partial charge on any atom is 0.251 e. The number of hydrogen-bond donors (Lipinski definition) is 1. The molecular weight excluding hydrogens is 420 g/mol. The van der Waals surface area contributed by atoms with Gasteiger partial charge in [-0.15, -0.1) is 0 Å². The number of oxazole rings is 1. The van der Waals surface area contributed by atoms with Crippen LogP contribution in [-0.2, 0) is 23.1 Å². The summed E-state index contributed by atoms with van der Waals surface area (Å²) >= 11 is 0. The molecule has 1 aromatic heterocycles. The van der Waals surface area contributed by atoms with Gasteiger partial charge < -0.3 is 9.73 Å². The van der Waals surface area contributed by atoms with Gasteiger partial charge in [-0.2, -0.15) is 0 Å². The first-order chi connectivity index (χ1) is 15.5. The molecule has 32 heavy (non-hydrogen) atoms. The van der Waals surface area contributed by atoms with Gasteiger partial charge in [-0.3, -0.25) is 9.00 Å². The van der Waals surface area contributed by atoms with Crippen LogP contribution in [0.2, 0.25) is 0 Å². The summed E-state index contributed by atoms with van der Waals surface area (Å²) < 4.78 is 18.4. The number of benzene rings is 3. The molecule has 5 nitrogen and oxygen atoms in total. The first-order valence-corrected chi connectivity index (χ1v) is 11.7. The largest absolute Gasteiger partial charge is 0.441 e. The third kappa shape index (κ3) is 5.21. The van der Waals surface area contributed by atoms with Gasteiger partial charge >= 0.3 is 0 Å². The molecule has 0 spiro atoms. The van der Waals surface area contributed by atoms with E-state index < -0.39 is 10.8 Å². The standard InChI is InChI=1S/C26H24N2O3S/c1-18-7-6-8-20(15-18)16-27-25(29)21-11-13-22(14-12-21)26-28-24(19(2)31-26)17-32(30)23-9-4-3-5-10-23/h3-15H,16-17H2,1-2H3,(H,27,29).